The van der Waals surface area contributed by atoms with E-state index in [1.165, 1.54) is 0 Å². The van der Waals surface area contributed by atoms with E-state index in [9.17, 15) is 4.79 Å². The number of amides is 1. The third-order valence-corrected chi connectivity index (χ3v) is 5.37. The molecule has 0 aliphatic carbocycles. The summed E-state index contributed by atoms with van der Waals surface area (Å²) in [7, 11) is 0. The van der Waals surface area contributed by atoms with Gasteiger partial charge in [-0.3, -0.25) is 4.79 Å². The van der Waals surface area contributed by atoms with Crippen LogP contribution in [0.1, 0.15) is 10.4 Å². The highest BCUT2D eigenvalue weighted by molar-refractivity contribution is 9.10. The average molecular weight is 532 g/mol. The van der Waals surface area contributed by atoms with Crippen molar-refractivity contribution < 1.29 is 4.79 Å². The lowest BCUT2D eigenvalue weighted by atomic mass is 10.1. The van der Waals surface area contributed by atoms with Gasteiger partial charge in [0.2, 0.25) is 3.79 Å². The van der Waals surface area contributed by atoms with E-state index in [0.717, 1.165) is 20.9 Å². The number of thiocarbonyl (C=S) groups is 1. The minimum absolute atomic E-state index is 0.201. The maximum absolute atomic E-state index is 12.6. The monoisotopic (exact) mass is 529 g/mol. The number of halogens is 4. The van der Waals surface area contributed by atoms with Gasteiger partial charge in [-0.25, -0.2) is 0 Å². The average Bonchev–Trinajstić information content (AvgIpc) is 2.67. The summed E-state index contributed by atoms with van der Waals surface area (Å²) in [5.74, 6) is -0.414. The lowest BCUT2D eigenvalue weighted by Crippen LogP contribution is -2.56. The topological polar surface area (TPSA) is 53.2 Å². The maximum Gasteiger partial charge on any atom is 0.253 e. The fourth-order valence-electron chi connectivity index (χ4n) is 2.67. The van der Waals surface area contributed by atoms with E-state index in [4.69, 9.17) is 47.0 Å². The number of benzene rings is 3. The molecule has 1 amide bonds. The summed E-state index contributed by atoms with van der Waals surface area (Å²) in [6.07, 6.45) is -1.06. The lowest BCUT2D eigenvalue weighted by molar-refractivity contribution is 0.0934. The third-order valence-electron chi connectivity index (χ3n) is 4.00. The van der Waals surface area contributed by atoms with Crippen LogP contribution in [0.15, 0.2) is 71.2 Å². The highest BCUT2D eigenvalue weighted by atomic mass is 79.9. The van der Waals surface area contributed by atoms with E-state index in [1.807, 2.05) is 48.5 Å². The van der Waals surface area contributed by atoms with Gasteiger partial charge in [-0.1, -0.05) is 93.2 Å². The molecule has 0 aromatic heterocycles. The van der Waals surface area contributed by atoms with Crippen LogP contribution in [0.2, 0.25) is 0 Å². The van der Waals surface area contributed by atoms with Crippen LogP contribution >= 0.6 is 63.0 Å². The van der Waals surface area contributed by atoms with Crippen molar-refractivity contribution >= 4 is 90.4 Å². The van der Waals surface area contributed by atoms with Crippen molar-refractivity contribution in [3.05, 3.63) is 76.8 Å². The molecule has 0 aliphatic rings. The van der Waals surface area contributed by atoms with Crippen molar-refractivity contribution in [2.75, 3.05) is 5.32 Å². The van der Waals surface area contributed by atoms with Gasteiger partial charge in [-0.2, -0.15) is 0 Å². The Morgan fingerprint density at radius 3 is 2.38 bits per heavy atom. The summed E-state index contributed by atoms with van der Waals surface area (Å²) >= 11 is 26.9. The Balaban J connectivity index is 1.74. The van der Waals surface area contributed by atoms with Gasteiger partial charge in [0.05, 0.1) is 0 Å². The summed E-state index contributed by atoms with van der Waals surface area (Å²) in [6.45, 7) is 0. The normalized spacial score (nSPS) is 12.3. The van der Waals surface area contributed by atoms with Crippen molar-refractivity contribution in [1.82, 2.24) is 10.6 Å². The first-order chi connectivity index (χ1) is 13.7. The Kier molecular flexibility index (Phi) is 7.24. The van der Waals surface area contributed by atoms with Crippen LogP contribution in [0.5, 0.6) is 0 Å². The van der Waals surface area contributed by atoms with Gasteiger partial charge in [0.1, 0.15) is 6.17 Å². The minimum Gasteiger partial charge on any atom is -0.339 e. The molecule has 3 rings (SSSR count). The molecule has 0 spiro atoms. The first-order valence-electron chi connectivity index (χ1n) is 8.42. The van der Waals surface area contributed by atoms with E-state index in [0.29, 0.717) is 5.56 Å². The van der Waals surface area contributed by atoms with Crippen LogP contribution in [0.3, 0.4) is 0 Å². The Morgan fingerprint density at radius 2 is 1.66 bits per heavy atom. The summed E-state index contributed by atoms with van der Waals surface area (Å²) in [6, 6.07) is 20.5. The predicted molar refractivity (Wildman–Crippen MR) is 129 cm³/mol. The lowest BCUT2D eigenvalue weighted by Gasteiger charge is -2.28. The SMILES string of the molecule is O=C(N[C@H](NC(=S)Nc1cccc2ccccc12)C(Cl)(Cl)Cl)c1cccc(Br)c1. The number of hydrogen-bond donors (Lipinski definition) is 3. The van der Waals surface area contributed by atoms with Crippen molar-refractivity contribution in [1.29, 1.82) is 0 Å². The minimum atomic E-state index is -1.84. The first-order valence-corrected chi connectivity index (χ1v) is 10.8. The quantitative estimate of drug-likeness (QED) is 0.219. The number of fused-ring (bicyclic) bond motifs is 1. The molecule has 3 aromatic carbocycles. The van der Waals surface area contributed by atoms with Crippen molar-refractivity contribution in [2.24, 2.45) is 0 Å². The highest BCUT2D eigenvalue weighted by Crippen LogP contribution is 2.30. The molecule has 29 heavy (non-hydrogen) atoms. The van der Waals surface area contributed by atoms with Crippen LogP contribution in [0, 0.1) is 0 Å². The smallest absolute Gasteiger partial charge is 0.253 e. The molecule has 0 saturated carbocycles. The van der Waals surface area contributed by atoms with Crippen molar-refractivity contribution in [2.45, 2.75) is 9.96 Å². The molecular formula is C20H15BrCl3N3OS. The second kappa shape index (κ2) is 9.49. The predicted octanol–water partition coefficient (Wildman–Crippen LogP) is 6.02. The van der Waals surface area contributed by atoms with Gasteiger partial charge in [0, 0.05) is 21.1 Å². The maximum atomic E-state index is 12.6. The molecule has 150 valence electrons. The molecule has 0 radical (unpaired) electrons. The van der Waals surface area contributed by atoms with Crippen LogP contribution < -0.4 is 16.0 Å². The highest BCUT2D eigenvalue weighted by Gasteiger charge is 2.35. The molecule has 3 aromatic rings. The fourth-order valence-corrected chi connectivity index (χ4v) is 3.62. The molecule has 3 N–H and O–H groups in total. The molecule has 0 bridgehead atoms. The van der Waals surface area contributed by atoms with Gasteiger partial charge in [-0.05, 0) is 41.9 Å². The summed E-state index contributed by atoms with van der Waals surface area (Å²) in [5, 5.41) is 10.9. The Bertz CT molecular complexity index is 1050. The zero-order valence-corrected chi connectivity index (χ0v) is 19.4. The Morgan fingerprint density at radius 1 is 0.966 bits per heavy atom. The number of nitrogens with one attached hydrogen (secondary N) is 3. The zero-order chi connectivity index (χ0) is 21.0. The molecule has 0 saturated heterocycles. The van der Waals surface area contributed by atoms with E-state index in [1.54, 1.807) is 18.2 Å². The van der Waals surface area contributed by atoms with E-state index >= 15 is 0 Å². The molecule has 1 atom stereocenters. The number of hydrogen-bond acceptors (Lipinski definition) is 2. The molecule has 9 heteroatoms. The van der Waals surface area contributed by atoms with Gasteiger partial charge in [0.15, 0.2) is 5.11 Å². The number of rotatable bonds is 4. The van der Waals surface area contributed by atoms with Crippen LogP contribution in [-0.4, -0.2) is 21.0 Å². The number of carbonyl (C=O) groups is 1. The van der Waals surface area contributed by atoms with Gasteiger partial charge >= 0.3 is 0 Å². The van der Waals surface area contributed by atoms with Crippen molar-refractivity contribution in [3.8, 4) is 0 Å². The van der Waals surface area contributed by atoms with E-state index in [2.05, 4.69) is 31.9 Å². The van der Waals surface area contributed by atoms with Gasteiger partial charge in [0.25, 0.3) is 5.91 Å². The van der Waals surface area contributed by atoms with Gasteiger partial charge < -0.3 is 16.0 Å². The number of alkyl halides is 3. The molecule has 0 fully saturated rings. The Labute approximate surface area is 197 Å². The van der Waals surface area contributed by atoms with Crippen LogP contribution in [-0.2, 0) is 0 Å². The molecule has 0 heterocycles. The largest absolute Gasteiger partial charge is 0.339 e. The fraction of sp³-hybridized carbons (Fsp3) is 0.100. The van der Waals surface area contributed by atoms with E-state index in [-0.39, 0.29) is 5.11 Å². The molecule has 0 aliphatic heterocycles. The molecule has 4 nitrogen and oxygen atoms in total. The second-order valence-corrected chi connectivity index (χ2v) is 9.78. The van der Waals surface area contributed by atoms with Crippen LogP contribution in [0.25, 0.3) is 10.8 Å². The van der Waals surface area contributed by atoms with E-state index < -0.39 is 15.9 Å². The summed E-state index contributed by atoms with van der Waals surface area (Å²) in [4.78, 5) is 12.6. The Hall–Kier alpha value is -1.57. The van der Waals surface area contributed by atoms with Crippen LogP contribution in [0.4, 0.5) is 5.69 Å². The summed E-state index contributed by atoms with van der Waals surface area (Å²) < 4.78 is -1.08. The molecular weight excluding hydrogens is 517 g/mol. The number of anilines is 1. The standard InChI is InChI=1S/C20H15BrCl3N3OS/c21-14-8-3-7-13(11-14)17(28)26-18(20(22,23)24)27-19(29)25-16-10-4-6-12-5-1-2-9-15(12)16/h1-11,18H,(H,26,28)(H2,25,27,29)/t18-/m1/s1. The third kappa shape index (κ3) is 5.96. The molecule has 0 unspecified atom stereocenters. The zero-order valence-electron chi connectivity index (χ0n) is 14.8. The number of carbonyl (C=O) groups excluding carboxylic acids is 1. The summed E-state index contributed by atoms with van der Waals surface area (Å²) in [5.41, 5.74) is 1.20. The first kappa shape index (κ1) is 22.1. The van der Waals surface area contributed by atoms with Crippen molar-refractivity contribution in [3.63, 3.8) is 0 Å². The second-order valence-electron chi connectivity index (χ2n) is 6.08. The van der Waals surface area contributed by atoms with Gasteiger partial charge in [-0.15, -0.1) is 0 Å².